The van der Waals surface area contributed by atoms with Crippen LogP contribution in [0.1, 0.15) is 28.0 Å². The Hall–Kier alpha value is -3.61. The van der Waals surface area contributed by atoms with Gasteiger partial charge in [-0.25, -0.2) is 4.98 Å². The average Bonchev–Trinajstić information content (AvgIpc) is 2.73. The number of para-hydroxylation sites is 2. The van der Waals surface area contributed by atoms with Crippen molar-refractivity contribution in [1.29, 1.82) is 0 Å². The van der Waals surface area contributed by atoms with Crippen LogP contribution in [0, 0.1) is 0 Å². The van der Waals surface area contributed by atoms with E-state index >= 15 is 0 Å². The summed E-state index contributed by atoms with van der Waals surface area (Å²) in [4.78, 5) is 23.1. The Morgan fingerprint density at radius 2 is 1.86 bits per heavy atom. The van der Waals surface area contributed by atoms with Crippen LogP contribution in [0.4, 0.5) is 17.5 Å². The van der Waals surface area contributed by atoms with Gasteiger partial charge in [-0.1, -0.05) is 36.4 Å². The molecule has 1 aliphatic carbocycles. The van der Waals surface area contributed by atoms with Crippen molar-refractivity contribution in [3.63, 3.8) is 0 Å². The third-order valence-corrected chi connectivity index (χ3v) is 5.32. The number of rotatable bonds is 4. The van der Waals surface area contributed by atoms with Gasteiger partial charge in [0, 0.05) is 19.2 Å². The van der Waals surface area contributed by atoms with Crippen molar-refractivity contribution in [3.8, 4) is 5.75 Å². The summed E-state index contributed by atoms with van der Waals surface area (Å²) in [5.41, 5.74) is 9.16. The molecule has 2 aromatic carbocycles. The maximum atomic E-state index is 13.1. The number of hydrogen-bond acceptors (Lipinski definition) is 6. The Labute approximate surface area is 169 Å². The molecule has 3 aromatic rings. The Morgan fingerprint density at radius 3 is 2.66 bits per heavy atom. The minimum Gasteiger partial charge on any atom is -0.506 e. The molecule has 1 unspecified atom stereocenters. The second-order valence-corrected chi connectivity index (χ2v) is 7.22. The van der Waals surface area contributed by atoms with E-state index in [-0.39, 0.29) is 29.3 Å². The molecule has 0 aliphatic heterocycles. The van der Waals surface area contributed by atoms with Crippen LogP contribution in [0.15, 0.2) is 54.6 Å². The number of benzene rings is 2. The molecule has 1 atom stereocenters. The van der Waals surface area contributed by atoms with Gasteiger partial charge in [-0.3, -0.25) is 4.79 Å². The van der Waals surface area contributed by atoms with Crippen LogP contribution in [-0.4, -0.2) is 39.0 Å². The first kappa shape index (κ1) is 18.7. The van der Waals surface area contributed by atoms with Crippen LogP contribution in [0.5, 0.6) is 5.75 Å². The van der Waals surface area contributed by atoms with Gasteiger partial charge in [0.05, 0.1) is 5.69 Å². The highest BCUT2D eigenvalue weighted by molar-refractivity contribution is 5.93. The Kier molecular flexibility index (Phi) is 5.03. The lowest BCUT2D eigenvalue weighted by molar-refractivity contribution is 0.0713. The van der Waals surface area contributed by atoms with Gasteiger partial charge >= 0.3 is 0 Å². The molecule has 0 saturated heterocycles. The number of aryl methyl sites for hydroxylation is 1. The molecule has 0 spiro atoms. The van der Waals surface area contributed by atoms with Gasteiger partial charge in [0.25, 0.3) is 5.91 Å². The summed E-state index contributed by atoms with van der Waals surface area (Å²) in [5, 5.41) is 12.9. The number of nitrogens with one attached hydrogen (secondary N) is 1. The zero-order valence-corrected chi connectivity index (χ0v) is 16.2. The number of aromatic nitrogens is 2. The molecule has 4 N–H and O–H groups in total. The molecule has 29 heavy (non-hydrogen) atoms. The second-order valence-electron chi connectivity index (χ2n) is 7.22. The van der Waals surface area contributed by atoms with Crippen molar-refractivity contribution in [2.45, 2.75) is 25.3 Å². The number of fused-ring (bicyclic) bond motifs is 1. The molecule has 1 aliphatic rings. The summed E-state index contributed by atoms with van der Waals surface area (Å²) in [6, 6.07) is 16.8. The molecule has 148 valence electrons. The molecule has 1 heterocycles. The molecule has 4 rings (SSSR count). The van der Waals surface area contributed by atoms with E-state index < -0.39 is 0 Å². The van der Waals surface area contributed by atoms with Gasteiger partial charge in [-0.15, -0.1) is 0 Å². The standard InChI is InChI=1S/C22H23N5O2/c1-27(16-11-10-14-6-2-3-7-15(14)12-16)21(29)18-13-20(26-22(23)25-18)24-17-8-4-5-9-19(17)28/h2-9,13,16,28H,10-12H2,1H3,(H3,23,24,25,26). The zero-order valence-electron chi connectivity index (χ0n) is 16.2. The van der Waals surface area contributed by atoms with Gasteiger partial charge in [0.1, 0.15) is 17.3 Å². The molecular formula is C22H23N5O2. The predicted octanol–water partition coefficient (Wildman–Crippen LogP) is 3.14. The first-order chi connectivity index (χ1) is 14.0. The molecule has 7 heteroatoms. The number of amides is 1. The highest BCUT2D eigenvalue weighted by Crippen LogP contribution is 2.27. The monoisotopic (exact) mass is 389 g/mol. The molecule has 0 fully saturated rings. The van der Waals surface area contributed by atoms with Crippen molar-refractivity contribution >= 4 is 23.4 Å². The highest BCUT2D eigenvalue weighted by atomic mass is 16.3. The fourth-order valence-electron chi connectivity index (χ4n) is 3.71. The van der Waals surface area contributed by atoms with E-state index in [0.29, 0.717) is 11.5 Å². The van der Waals surface area contributed by atoms with Gasteiger partial charge in [-0.05, 0) is 42.5 Å². The topological polar surface area (TPSA) is 104 Å². The average molecular weight is 389 g/mol. The number of aromatic hydroxyl groups is 1. The summed E-state index contributed by atoms with van der Waals surface area (Å²) >= 11 is 0. The van der Waals surface area contributed by atoms with E-state index in [4.69, 9.17) is 5.73 Å². The van der Waals surface area contributed by atoms with Crippen molar-refractivity contribution in [1.82, 2.24) is 14.9 Å². The number of nitrogens with zero attached hydrogens (tertiary/aromatic N) is 3. The summed E-state index contributed by atoms with van der Waals surface area (Å²) < 4.78 is 0. The second kappa shape index (κ2) is 7.79. The van der Waals surface area contributed by atoms with Crippen molar-refractivity contribution < 1.29 is 9.90 Å². The predicted molar refractivity (Wildman–Crippen MR) is 112 cm³/mol. The summed E-state index contributed by atoms with van der Waals surface area (Å²) in [6.45, 7) is 0. The normalized spacial score (nSPS) is 15.4. The minimum absolute atomic E-state index is 0.00355. The molecule has 1 amide bonds. The number of carbonyl (C=O) groups is 1. The van der Waals surface area contributed by atoms with Crippen LogP contribution in [0.2, 0.25) is 0 Å². The van der Waals surface area contributed by atoms with E-state index in [0.717, 1.165) is 19.3 Å². The van der Waals surface area contributed by atoms with Crippen LogP contribution < -0.4 is 11.1 Å². The maximum Gasteiger partial charge on any atom is 0.272 e. The van der Waals surface area contributed by atoms with Crippen LogP contribution >= 0.6 is 0 Å². The third-order valence-electron chi connectivity index (χ3n) is 5.32. The largest absolute Gasteiger partial charge is 0.506 e. The van der Waals surface area contributed by atoms with E-state index in [1.807, 2.05) is 6.07 Å². The van der Waals surface area contributed by atoms with Crippen LogP contribution in [0.3, 0.4) is 0 Å². The van der Waals surface area contributed by atoms with Crippen molar-refractivity contribution in [3.05, 3.63) is 71.4 Å². The molecule has 0 saturated carbocycles. The van der Waals surface area contributed by atoms with Gasteiger partial charge < -0.3 is 21.1 Å². The third kappa shape index (κ3) is 3.99. The quantitative estimate of drug-likeness (QED) is 0.592. The fourth-order valence-corrected chi connectivity index (χ4v) is 3.71. The number of phenols is 1. The van der Waals surface area contributed by atoms with E-state index in [2.05, 4.69) is 33.5 Å². The van der Waals surface area contributed by atoms with Crippen LogP contribution in [-0.2, 0) is 12.8 Å². The van der Waals surface area contributed by atoms with E-state index in [1.54, 1.807) is 42.3 Å². The van der Waals surface area contributed by atoms with E-state index in [1.165, 1.54) is 11.1 Å². The Bertz CT molecular complexity index is 1050. The SMILES string of the molecule is CN(C(=O)c1cc(Nc2ccccc2O)nc(N)n1)C1CCc2ccccc2C1. The van der Waals surface area contributed by atoms with Crippen molar-refractivity contribution in [2.24, 2.45) is 0 Å². The zero-order chi connectivity index (χ0) is 20.4. The number of phenolic OH excluding ortho intramolecular Hbond substituents is 1. The number of nitrogen functional groups attached to an aromatic ring is 1. The first-order valence-electron chi connectivity index (χ1n) is 9.55. The number of carbonyl (C=O) groups excluding carboxylic acids is 1. The highest BCUT2D eigenvalue weighted by Gasteiger charge is 2.26. The fraction of sp³-hybridized carbons (Fsp3) is 0.227. The van der Waals surface area contributed by atoms with Crippen LogP contribution in [0.25, 0.3) is 0 Å². The first-order valence-corrected chi connectivity index (χ1v) is 9.55. The Morgan fingerprint density at radius 1 is 1.14 bits per heavy atom. The number of anilines is 3. The number of nitrogens with two attached hydrogens (primary N) is 1. The lowest BCUT2D eigenvalue weighted by Gasteiger charge is -2.32. The van der Waals surface area contributed by atoms with Gasteiger partial charge in [0.15, 0.2) is 0 Å². The number of likely N-dealkylation sites (N-methyl/N-ethyl adjacent to an activating group) is 1. The Balaban J connectivity index is 1.54. The molecular weight excluding hydrogens is 366 g/mol. The van der Waals surface area contributed by atoms with E-state index in [9.17, 15) is 9.90 Å². The minimum atomic E-state index is -0.205. The summed E-state index contributed by atoms with van der Waals surface area (Å²) in [6.07, 6.45) is 2.68. The molecule has 0 radical (unpaired) electrons. The molecule has 7 nitrogen and oxygen atoms in total. The summed E-state index contributed by atoms with van der Waals surface area (Å²) in [7, 11) is 1.80. The summed E-state index contributed by atoms with van der Waals surface area (Å²) in [5.74, 6) is 0.222. The lowest BCUT2D eigenvalue weighted by Crippen LogP contribution is -2.41. The smallest absolute Gasteiger partial charge is 0.272 e. The number of hydrogen-bond donors (Lipinski definition) is 3. The van der Waals surface area contributed by atoms with Gasteiger partial charge in [-0.2, -0.15) is 4.98 Å². The molecule has 1 aromatic heterocycles. The maximum absolute atomic E-state index is 13.1. The van der Waals surface area contributed by atoms with Crippen molar-refractivity contribution in [2.75, 3.05) is 18.1 Å². The molecule has 0 bridgehead atoms. The van der Waals surface area contributed by atoms with Gasteiger partial charge in [0.2, 0.25) is 5.95 Å². The lowest BCUT2D eigenvalue weighted by atomic mass is 9.87.